The van der Waals surface area contributed by atoms with Crippen LogP contribution < -0.4 is 10.3 Å². The first-order chi connectivity index (χ1) is 12.1. The van der Waals surface area contributed by atoms with Crippen molar-refractivity contribution in [2.45, 2.75) is 5.16 Å². The number of hydrogen-bond acceptors (Lipinski definition) is 5. The first kappa shape index (κ1) is 17.3. The largest absolute Gasteiger partial charge is 0.457 e. The highest BCUT2D eigenvalue weighted by Gasteiger charge is 2.17. The third-order valence-corrected chi connectivity index (χ3v) is 4.50. The second-order valence-electron chi connectivity index (χ2n) is 4.96. The fourth-order valence-electron chi connectivity index (χ4n) is 2.23. The van der Waals surface area contributed by atoms with E-state index in [-0.39, 0.29) is 5.56 Å². The molecule has 5 nitrogen and oxygen atoms in total. The van der Waals surface area contributed by atoms with Gasteiger partial charge in [0.1, 0.15) is 28.8 Å². The summed E-state index contributed by atoms with van der Waals surface area (Å²) in [5, 5.41) is 9.81. The molecule has 0 unspecified atom stereocenters. The van der Waals surface area contributed by atoms with Gasteiger partial charge in [-0.05, 0) is 42.7 Å². The number of aromatic amines is 1. The molecule has 0 aliphatic carbocycles. The van der Waals surface area contributed by atoms with E-state index >= 15 is 0 Å². The molecule has 3 aromatic rings. The average Bonchev–Trinajstić information content (AvgIpc) is 2.63. The number of para-hydroxylation sites is 1. The summed E-state index contributed by atoms with van der Waals surface area (Å²) in [6.07, 6.45) is 1.80. The third-order valence-electron chi connectivity index (χ3n) is 3.39. The smallest absolute Gasteiger partial charge is 0.270 e. The Labute approximate surface area is 156 Å². The normalized spacial score (nSPS) is 10.3. The van der Waals surface area contributed by atoms with Crippen LogP contribution in [0, 0.1) is 11.3 Å². The summed E-state index contributed by atoms with van der Waals surface area (Å²) in [7, 11) is 0. The van der Waals surface area contributed by atoms with E-state index in [1.165, 1.54) is 11.8 Å². The van der Waals surface area contributed by atoms with Crippen LogP contribution in [0.25, 0.3) is 11.3 Å². The molecular weight excluding hydrogens is 402 g/mol. The number of benzene rings is 2. The SMILES string of the molecule is CSc1nc(-c2ccccc2Oc2ccc(Br)cc2)c(C#N)c(=O)[nH]1. The second-order valence-corrected chi connectivity index (χ2v) is 6.67. The quantitative estimate of drug-likeness (QED) is 0.499. The lowest BCUT2D eigenvalue weighted by Gasteiger charge is -2.12. The zero-order chi connectivity index (χ0) is 17.8. The van der Waals surface area contributed by atoms with E-state index in [4.69, 9.17) is 4.74 Å². The van der Waals surface area contributed by atoms with Crippen LogP contribution in [-0.2, 0) is 0 Å². The Balaban J connectivity index is 2.13. The number of ether oxygens (including phenoxy) is 1. The molecular formula is C18H12BrN3O2S. The van der Waals surface area contributed by atoms with Crippen LogP contribution >= 0.6 is 27.7 Å². The van der Waals surface area contributed by atoms with Gasteiger partial charge < -0.3 is 9.72 Å². The average molecular weight is 414 g/mol. The van der Waals surface area contributed by atoms with Gasteiger partial charge in [-0.3, -0.25) is 4.79 Å². The van der Waals surface area contributed by atoms with E-state index in [2.05, 4.69) is 25.9 Å². The Bertz CT molecular complexity index is 1010. The lowest BCUT2D eigenvalue weighted by molar-refractivity contribution is 0.484. The summed E-state index contributed by atoms with van der Waals surface area (Å²) in [5.74, 6) is 1.16. The van der Waals surface area contributed by atoms with Crippen molar-refractivity contribution in [3.05, 3.63) is 68.9 Å². The van der Waals surface area contributed by atoms with Crippen LogP contribution in [0.2, 0.25) is 0 Å². The van der Waals surface area contributed by atoms with Crippen LogP contribution in [0.3, 0.4) is 0 Å². The van der Waals surface area contributed by atoms with Gasteiger partial charge in [0.2, 0.25) is 0 Å². The molecule has 1 heterocycles. The summed E-state index contributed by atoms with van der Waals surface area (Å²) in [4.78, 5) is 19.2. The molecule has 1 N–H and O–H groups in total. The van der Waals surface area contributed by atoms with Gasteiger partial charge >= 0.3 is 0 Å². The fourth-order valence-corrected chi connectivity index (χ4v) is 2.87. The summed E-state index contributed by atoms with van der Waals surface area (Å²) in [6, 6.07) is 16.5. The van der Waals surface area contributed by atoms with Gasteiger partial charge in [0, 0.05) is 10.0 Å². The molecule has 0 fully saturated rings. The maximum Gasteiger partial charge on any atom is 0.270 e. The molecule has 0 aliphatic heterocycles. The number of aromatic nitrogens is 2. The summed E-state index contributed by atoms with van der Waals surface area (Å²) in [5.41, 5.74) is 0.395. The zero-order valence-electron chi connectivity index (χ0n) is 13.1. The number of halogens is 1. The predicted octanol–water partition coefficient (Wildman–Crippen LogP) is 4.59. The van der Waals surface area contributed by atoms with Crippen molar-refractivity contribution in [2.24, 2.45) is 0 Å². The molecule has 1 aromatic heterocycles. The van der Waals surface area contributed by atoms with Crippen LogP contribution in [0.4, 0.5) is 0 Å². The van der Waals surface area contributed by atoms with Crippen molar-refractivity contribution in [3.63, 3.8) is 0 Å². The summed E-state index contributed by atoms with van der Waals surface area (Å²) < 4.78 is 6.89. The molecule has 0 amide bonds. The number of thioether (sulfide) groups is 1. The topological polar surface area (TPSA) is 78.8 Å². The molecule has 0 atom stereocenters. The van der Waals surface area contributed by atoms with Crippen molar-refractivity contribution in [1.82, 2.24) is 9.97 Å². The summed E-state index contributed by atoms with van der Waals surface area (Å²) in [6.45, 7) is 0. The van der Waals surface area contributed by atoms with E-state index in [0.717, 1.165) is 4.47 Å². The molecule has 0 saturated carbocycles. The Morgan fingerprint density at radius 3 is 2.60 bits per heavy atom. The van der Waals surface area contributed by atoms with Gasteiger partial charge in [-0.2, -0.15) is 5.26 Å². The molecule has 124 valence electrons. The number of hydrogen-bond donors (Lipinski definition) is 1. The minimum atomic E-state index is -0.463. The van der Waals surface area contributed by atoms with Gasteiger partial charge in [0.15, 0.2) is 5.16 Å². The first-order valence-corrected chi connectivity index (χ1v) is 9.25. The lowest BCUT2D eigenvalue weighted by Crippen LogP contribution is -2.14. The van der Waals surface area contributed by atoms with E-state index in [1.54, 1.807) is 18.4 Å². The Morgan fingerprint density at radius 2 is 1.92 bits per heavy atom. The lowest BCUT2D eigenvalue weighted by atomic mass is 10.1. The number of rotatable bonds is 4. The van der Waals surface area contributed by atoms with E-state index in [1.807, 2.05) is 42.5 Å². The summed E-state index contributed by atoms with van der Waals surface area (Å²) >= 11 is 4.68. The minimum Gasteiger partial charge on any atom is -0.457 e. The molecule has 0 saturated heterocycles. The van der Waals surface area contributed by atoms with Crippen molar-refractivity contribution in [2.75, 3.05) is 6.26 Å². The number of H-pyrrole nitrogens is 1. The fraction of sp³-hybridized carbons (Fsp3) is 0.0556. The second kappa shape index (κ2) is 7.55. The molecule has 0 aliphatic rings. The van der Waals surface area contributed by atoms with Crippen LogP contribution in [0.1, 0.15) is 5.56 Å². The maximum atomic E-state index is 12.2. The highest BCUT2D eigenvalue weighted by Crippen LogP contribution is 2.34. The maximum absolute atomic E-state index is 12.2. The zero-order valence-corrected chi connectivity index (χ0v) is 15.5. The van der Waals surface area contributed by atoms with Gasteiger partial charge in [-0.25, -0.2) is 4.98 Å². The highest BCUT2D eigenvalue weighted by molar-refractivity contribution is 9.10. The molecule has 2 aromatic carbocycles. The van der Waals surface area contributed by atoms with Crippen LogP contribution in [0.15, 0.2) is 63.0 Å². The van der Waals surface area contributed by atoms with Crippen LogP contribution in [0.5, 0.6) is 11.5 Å². The van der Waals surface area contributed by atoms with Gasteiger partial charge in [0.25, 0.3) is 5.56 Å². The third kappa shape index (κ3) is 3.76. The van der Waals surface area contributed by atoms with Gasteiger partial charge in [-0.1, -0.05) is 39.8 Å². The van der Waals surface area contributed by atoms with E-state index < -0.39 is 5.56 Å². The van der Waals surface area contributed by atoms with Crippen molar-refractivity contribution < 1.29 is 4.74 Å². The van der Waals surface area contributed by atoms with E-state index in [9.17, 15) is 10.1 Å². The predicted molar refractivity (Wildman–Crippen MR) is 101 cm³/mol. The van der Waals surface area contributed by atoms with Crippen molar-refractivity contribution >= 4 is 27.7 Å². The van der Waals surface area contributed by atoms with Crippen molar-refractivity contribution in [1.29, 1.82) is 5.26 Å². The Kier molecular flexibility index (Phi) is 5.22. The standard InChI is InChI=1S/C18H12BrN3O2S/c1-25-18-21-16(14(10-20)17(23)22-18)13-4-2-3-5-15(13)24-12-8-6-11(19)7-9-12/h2-9H,1H3,(H,21,22,23). The van der Waals surface area contributed by atoms with Crippen LogP contribution in [-0.4, -0.2) is 16.2 Å². The molecule has 3 rings (SSSR count). The van der Waals surface area contributed by atoms with Crippen molar-refractivity contribution in [3.8, 4) is 28.8 Å². The monoisotopic (exact) mass is 413 g/mol. The molecule has 0 bridgehead atoms. The molecule has 0 spiro atoms. The minimum absolute atomic E-state index is 0.0374. The van der Waals surface area contributed by atoms with Gasteiger partial charge in [-0.15, -0.1) is 0 Å². The number of nitrogens with one attached hydrogen (secondary N) is 1. The Hall–Kier alpha value is -2.56. The number of nitrogens with zero attached hydrogens (tertiary/aromatic N) is 2. The van der Waals surface area contributed by atoms with E-state index in [0.29, 0.717) is 27.9 Å². The van der Waals surface area contributed by atoms with Gasteiger partial charge in [0.05, 0.1) is 0 Å². The highest BCUT2D eigenvalue weighted by atomic mass is 79.9. The Morgan fingerprint density at radius 1 is 1.20 bits per heavy atom. The molecule has 0 radical (unpaired) electrons. The number of nitriles is 1. The molecule has 7 heteroatoms. The molecule has 25 heavy (non-hydrogen) atoms. The first-order valence-electron chi connectivity index (χ1n) is 7.23.